The van der Waals surface area contributed by atoms with Crippen LogP contribution in [-0.4, -0.2) is 79.1 Å². The summed E-state index contributed by atoms with van der Waals surface area (Å²) < 4.78 is 18.5. The number of nitrogens with one attached hydrogen (secondary N) is 1. The topological polar surface area (TPSA) is 103 Å². The number of halogens is 1. The lowest BCUT2D eigenvalue weighted by Crippen LogP contribution is -2.42. The van der Waals surface area contributed by atoms with Crippen LogP contribution in [0.2, 0.25) is 0 Å². The van der Waals surface area contributed by atoms with Gasteiger partial charge >= 0.3 is 5.97 Å². The van der Waals surface area contributed by atoms with Gasteiger partial charge in [-0.2, -0.15) is 5.26 Å². The zero-order valence-electron chi connectivity index (χ0n) is 21.3. The van der Waals surface area contributed by atoms with Gasteiger partial charge in [0.25, 0.3) is 0 Å². The smallest absolute Gasteiger partial charge is 0.310 e. The number of likely N-dealkylation sites (tertiary alicyclic amines) is 2. The van der Waals surface area contributed by atoms with E-state index in [1.165, 1.54) is 4.90 Å². The van der Waals surface area contributed by atoms with Crippen molar-refractivity contribution in [2.24, 2.45) is 5.92 Å². The van der Waals surface area contributed by atoms with Gasteiger partial charge in [-0.25, -0.2) is 4.39 Å². The molecular formula is C26H43FN4O4. The molecule has 0 aliphatic carbocycles. The summed E-state index contributed by atoms with van der Waals surface area (Å²) in [6.07, 6.45) is 9.84. The first kappa shape index (κ1) is 29.0. The van der Waals surface area contributed by atoms with E-state index in [9.17, 15) is 18.8 Å². The monoisotopic (exact) mass is 494 g/mol. The largest absolute Gasteiger partial charge is 0.466 e. The second-order valence-corrected chi connectivity index (χ2v) is 9.71. The highest BCUT2D eigenvalue weighted by Gasteiger charge is 2.35. The molecule has 2 heterocycles. The van der Waals surface area contributed by atoms with Gasteiger partial charge in [0.2, 0.25) is 11.8 Å². The normalized spacial score (nSPS) is 22.1. The minimum atomic E-state index is -1.09. The lowest BCUT2D eigenvalue weighted by Gasteiger charge is -2.31. The van der Waals surface area contributed by atoms with Crippen LogP contribution in [0.5, 0.6) is 0 Å². The van der Waals surface area contributed by atoms with Crippen LogP contribution in [-0.2, 0) is 19.1 Å². The molecule has 0 radical (unpaired) electrons. The van der Waals surface area contributed by atoms with Gasteiger partial charge in [0.05, 0.1) is 31.7 Å². The molecular weight excluding hydrogens is 451 g/mol. The van der Waals surface area contributed by atoms with Gasteiger partial charge in [-0.15, -0.1) is 0 Å². The van der Waals surface area contributed by atoms with Crippen molar-refractivity contribution in [3.8, 4) is 6.07 Å². The first-order chi connectivity index (χ1) is 17.0. The summed E-state index contributed by atoms with van der Waals surface area (Å²) in [6, 6.07) is 1.37. The second kappa shape index (κ2) is 16.5. The Balaban J connectivity index is 1.40. The van der Waals surface area contributed by atoms with Crippen molar-refractivity contribution >= 4 is 17.8 Å². The van der Waals surface area contributed by atoms with E-state index in [1.807, 2.05) is 11.0 Å². The highest BCUT2D eigenvalue weighted by molar-refractivity contribution is 5.79. The van der Waals surface area contributed by atoms with Crippen molar-refractivity contribution in [1.82, 2.24) is 15.1 Å². The third kappa shape index (κ3) is 10.5. The number of carbonyl (C=O) groups is 3. The van der Waals surface area contributed by atoms with Crippen LogP contribution < -0.4 is 5.32 Å². The Hall–Kier alpha value is -2.21. The zero-order chi connectivity index (χ0) is 25.5. The van der Waals surface area contributed by atoms with Gasteiger partial charge in [0, 0.05) is 25.9 Å². The molecule has 35 heavy (non-hydrogen) atoms. The molecule has 2 rings (SSSR count). The van der Waals surface area contributed by atoms with Crippen LogP contribution in [0.4, 0.5) is 4.39 Å². The van der Waals surface area contributed by atoms with Crippen molar-refractivity contribution in [2.75, 3.05) is 39.3 Å². The lowest BCUT2D eigenvalue weighted by molar-refractivity contribution is -0.151. The maximum atomic E-state index is 13.4. The molecule has 2 aliphatic rings. The molecule has 3 atom stereocenters. The molecule has 0 aromatic carbocycles. The molecule has 2 fully saturated rings. The number of hydrogen-bond acceptors (Lipinski definition) is 6. The summed E-state index contributed by atoms with van der Waals surface area (Å²) in [7, 11) is 0. The molecule has 0 unspecified atom stereocenters. The maximum Gasteiger partial charge on any atom is 0.310 e. The zero-order valence-corrected chi connectivity index (χ0v) is 21.3. The van der Waals surface area contributed by atoms with Crippen LogP contribution in [0, 0.1) is 17.2 Å². The van der Waals surface area contributed by atoms with Crippen molar-refractivity contribution in [3.63, 3.8) is 0 Å². The van der Waals surface area contributed by atoms with E-state index in [2.05, 4.69) is 5.32 Å². The second-order valence-electron chi connectivity index (χ2n) is 9.71. The number of nitriles is 1. The fourth-order valence-corrected chi connectivity index (χ4v) is 4.88. The number of amides is 2. The SMILES string of the molecule is CCOC(=O)[C@@H]1CCCN(C(=O)CCCCCCCCCCNCC(=O)N2C[C@@H](F)C[C@H]2C#N)C1. The first-order valence-electron chi connectivity index (χ1n) is 13.4. The number of nitrogens with zero attached hydrogens (tertiary/aromatic N) is 3. The van der Waals surface area contributed by atoms with E-state index in [0.29, 0.717) is 19.6 Å². The number of ether oxygens (including phenoxy) is 1. The van der Waals surface area contributed by atoms with E-state index in [0.717, 1.165) is 77.3 Å². The number of alkyl halides is 1. The molecule has 0 bridgehead atoms. The molecule has 198 valence electrons. The maximum absolute atomic E-state index is 13.4. The van der Waals surface area contributed by atoms with E-state index < -0.39 is 12.2 Å². The number of unbranched alkanes of at least 4 members (excludes halogenated alkanes) is 7. The Bertz CT molecular complexity index is 714. The standard InChI is InChI=1S/C26H43FN4O4/c1-2-35-26(34)21-12-11-15-30(19-21)24(32)13-9-7-5-3-4-6-8-10-14-29-18-25(33)31-20-22(27)16-23(31)17-28/h21-23,29H,2-16,18-20H2,1H3/t21-,22+,23+/m1/s1. The minimum absolute atomic E-state index is 0.0289. The van der Waals surface area contributed by atoms with E-state index in [4.69, 9.17) is 10.00 Å². The number of carbonyl (C=O) groups excluding carboxylic acids is 3. The molecule has 0 saturated carbocycles. The Morgan fingerprint density at radius 2 is 1.71 bits per heavy atom. The van der Waals surface area contributed by atoms with E-state index in [-0.39, 0.29) is 43.2 Å². The molecule has 0 aromatic rings. The van der Waals surface area contributed by atoms with Crippen LogP contribution in [0.1, 0.15) is 84.0 Å². The number of rotatable bonds is 15. The first-order valence-corrected chi connectivity index (χ1v) is 13.4. The molecule has 2 amide bonds. The summed E-state index contributed by atoms with van der Waals surface area (Å²) in [5, 5.41) is 12.1. The Labute approximate surface area is 209 Å². The Kier molecular flexibility index (Phi) is 13.6. The minimum Gasteiger partial charge on any atom is -0.466 e. The average molecular weight is 495 g/mol. The molecule has 1 N–H and O–H groups in total. The quantitative estimate of drug-likeness (QED) is 0.277. The predicted octanol–water partition coefficient (Wildman–Crippen LogP) is 3.35. The van der Waals surface area contributed by atoms with Gasteiger partial charge in [0.15, 0.2) is 0 Å². The van der Waals surface area contributed by atoms with Gasteiger partial charge in [0.1, 0.15) is 12.2 Å². The Morgan fingerprint density at radius 3 is 2.40 bits per heavy atom. The van der Waals surface area contributed by atoms with Crippen molar-refractivity contribution in [3.05, 3.63) is 0 Å². The third-order valence-corrected chi connectivity index (χ3v) is 6.88. The van der Waals surface area contributed by atoms with Crippen LogP contribution in [0.25, 0.3) is 0 Å². The van der Waals surface area contributed by atoms with E-state index >= 15 is 0 Å². The molecule has 0 spiro atoms. The summed E-state index contributed by atoms with van der Waals surface area (Å²) in [5.74, 6) is -0.397. The fourth-order valence-electron chi connectivity index (χ4n) is 4.88. The van der Waals surface area contributed by atoms with Gasteiger partial charge < -0.3 is 19.9 Å². The molecule has 0 aromatic heterocycles. The van der Waals surface area contributed by atoms with Crippen molar-refractivity contribution in [1.29, 1.82) is 5.26 Å². The summed E-state index contributed by atoms with van der Waals surface area (Å²) >= 11 is 0. The van der Waals surface area contributed by atoms with Crippen LogP contribution in [0.3, 0.4) is 0 Å². The third-order valence-electron chi connectivity index (χ3n) is 6.88. The lowest BCUT2D eigenvalue weighted by atomic mass is 9.97. The Morgan fingerprint density at radius 1 is 1.03 bits per heavy atom. The fraction of sp³-hybridized carbons (Fsp3) is 0.846. The van der Waals surface area contributed by atoms with Crippen LogP contribution >= 0.6 is 0 Å². The molecule has 2 saturated heterocycles. The van der Waals surface area contributed by atoms with Crippen LogP contribution in [0.15, 0.2) is 0 Å². The molecule has 9 heteroatoms. The molecule has 2 aliphatic heterocycles. The van der Waals surface area contributed by atoms with E-state index in [1.54, 1.807) is 6.92 Å². The highest BCUT2D eigenvalue weighted by atomic mass is 19.1. The summed E-state index contributed by atoms with van der Waals surface area (Å²) in [5.41, 5.74) is 0. The van der Waals surface area contributed by atoms with Crippen molar-refractivity contribution in [2.45, 2.75) is 96.2 Å². The number of piperidine rings is 1. The highest BCUT2D eigenvalue weighted by Crippen LogP contribution is 2.20. The number of hydrogen-bond donors (Lipinski definition) is 1. The van der Waals surface area contributed by atoms with Gasteiger partial charge in [-0.3, -0.25) is 14.4 Å². The summed E-state index contributed by atoms with van der Waals surface area (Å²) in [6.45, 7) is 4.36. The summed E-state index contributed by atoms with van der Waals surface area (Å²) in [4.78, 5) is 39.7. The predicted molar refractivity (Wildman–Crippen MR) is 131 cm³/mol. The van der Waals surface area contributed by atoms with Crippen molar-refractivity contribution < 1.29 is 23.5 Å². The van der Waals surface area contributed by atoms with Gasteiger partial charge in [-0.1, -0.05) is 38.5 Å². The van der Waals surface area contributed by atoms with Gasteiger partial charge in [-0.05, 0) is 39.2 Å². The molecule has 8 nitrogen and oxygen atoms in total. The number of esters is 1. The average Bonchev–Trinajstić information content (AvgIpc) is 3.25.